The first-order chi connectivity index (χ1) is 4.66. The molecule has 0 saturated heterocycles. The van der Waals surface area contributed by atoms with Crippen LogP contribution in [0.1, 0.15) is 33.1 Å². The van der Waals surface area contributed by atoms with Crippen LogP contribution in [0.5, 0.6) is 0 Å². The summed E-state index contributed by atoms with van der Waals surface area (Å²) in [4.78, 5) is 10.6. The van der Waals surface area contributed by atoms with E-state index in [1.54, 1.807) is 0 Å². The van der Waals surface area contributed by atoms with Crippen LogP contribution in [0.15, 0.2) is 0 Å². The molecule has 60 valence electrons. The zero-order valence-corrected chi connectivity index (χ0v) is 6.68. The highest BCUT2D eigenvalue weighted by Gasteiger charge is 1.98. The van der Waals surface area contributed by atoms with Crippen molar-refractivity contribution >= 4 is 5.91 Å². The second-order valence-electron chi connectivity index (χ2n) is 2.85. The average Bonchev–Trinajstić information content (AvgIpc) is 1.87. The quantitative estimate of drug-likeness (QED) is 0.348. The lowest BCUT2D eigenvalue weighted by Crippen LogP contribution is -2.29. The van der Waals surface area contributed by atoms with E-state index in [1.807, 2.05) is 0 Å². The third-order valence-corrected chi connectivity index (χ3v) is 1.35. The van der Waals surface area contributed by atoms with Crippen molar-refractivity contribution in [3.05, 3.63) is 0 Å². The van der Waals surface area contributed by atoms with E-state index in [-0.39, 0.29) is 5.91 Å². The maximum atomic E-state index is 10.6. The maximum absolute atomic E-state index is 10.6. The molecule has 3 nitrogen and oxygen atoms in total. The molecule has 0 radical (unpaired) electrons. The van der Waals surface area contributed by atoms with E-state index in [9.17, 15) is 4.79 Å². The standard InChI is InChI=1S/C7H16N2O/c1-6(2)4-3-5-7(10)9-8/h6H,3-5,8H2,1-2H3,(H,9,10). The monoisotopic (exact) mass is 144 g/mol. The van der Waals surface area contributed by atoms with Crippen molar-refractivity contribution in [3.63, 3.8) is 0 Å². The number of hydrogen-bond donors (Lipinski definition) is 2. The Morgan fingerprint density at radius 2 is 2.20 bits per heavy atom. The summed E-state index contributed by atoms with van der Waals surface area (Å²) < 4.78 is 0. The fourth-order valence-corrected chi connectivity index (χ4v) is 0.743. The van der Waals surface area contributed by atoms with Gasteiger partial charge in [-0.1, -0.05) is 20.3 Å². The van der Waals surface area contributed by atoms with Crippen LogP contribution in [0.4, 0.5) is 0 Å². The van der Waals surface area contributed by atoms with Gasteiger partial charge in [0.15, 0.2) is 0 Å². The summed E-state index contributed by atoms with van der Waals surface area (Å²) in [5.74, 6) is 5.49. The van der Waals surface area contributed by atoms with E-state index in [4.69, 9.17) is 5.84 Å². The lowest BCUT2D eigenvalue weighted by atomic mass is 10.1. The topological polar surface area (TPSA) is 55.1 Å². The summed E-state index contributed by atoms with van der Waals surface area (Å²) >= 11 is 0. The van der Waals surface area contributed by atoms with E-state index >= 15 is 0 Å². The number of hydrogen-bond acceptors (Lipinski definition) is 2. The molecule has 0 bridgehead atoms. The van der Waals surface area contributed by atoms with Crippen LogP contribution >= 0.6 is 0 Å². The summed E-state index contributed by atoms with van der Waals surface area (Å²) in [7, 11) is 0. The SMILES string of the molecule is CC(C)CCCC(=O)NN. The second-order valence-corrected chi connectivity index (χ2v) is 2.85. The van der Waals surface area contributed by atoms with Gasteiger partial charge in [-0.05, 0) is 12.3 Å². The first-order valence-electron chi connectivity index (χ1n) is 3.66. The Labute approximate surface area is 62.0 Å². The largest absolute Gasteiger partial charge is 0.294 e. The highest BCUT2D eigenvalue weighted by Crippen LogP contribution is 2.05. The van der Waals surface area contributed by atoms with Gasteiger partial charge in [0.1, 0.15) is 0 Å². The van der Waals surface area contributed by atoms with Crippen molar-refractivity contribution in [1.29, 1.82) is 0 Å². The highest BCUT2D eigenvalue weighted by atomic mass is 16.2. The van der Waals surface area contributed by atoms with Gasteiger partial charge in [-0.2, -0.15) is 0 Å². The van der Waals surface area contributed by atoms with Gasteiger partial charge in [-0.25, -0.2) is 5.84 Å². The van der Waals surface area contributed by atoms with Gasteiger partial charge >= 0.3 is 0 Å². The van der Waals surface area contributed by atoms with Crippen LogP contribution < -0.4 is 11.3 Å². The molecule has 0 rings (SSSR count). The molecule has 0 saturated carbocycles. The number of nitrogens with one attached hydrogen (secondary N) is 1. The minimum absolute atomic E-state index is 0.0688. The van der Waals surface area contributed by atoms with Gasteiger partial charge in [-0.3, -0.25) is 10.2 Å². The number of carbonyl (C=O) groups excluding carboxylic acids is 1. The van der Waals surface area contributed by atoms with Crippen LogP contribution in [-0.4, -0.2) is 5.91 Å². The fraction of sp³-hybridized carbons (Fsp3) is 0.857. The molecule has 0 heterocycles. The number of nitrogens with two attached hydrogens (primary N) is 1. The third-order valence-electron chi connectivity index (χ3n) is 1.35. The highest BCUT2D eigenvalue weighted by molar-refractivity contribution is 5.74. The first kappa shape index (κ1) is 9.43. The molecule has 10 heavy (non-hydrogen) atoms. The van der Waals surface area contributed by atoms with Gasteiger partial charge in [0, 0.05) is 6.42 Å². The fourth-order valence-electron chi connectivity index (χ4n) is 0.743. The summed E-state index contributed by atoms with van der Waals surface area (Å²) in [6.45, 7) is 4.28. The zero-order chi connectivity index (χ0) is 7.98. The van der Waals surface area contributed by atoms with E-state index < -0.39 is 0 Å². The Hall–Kier alpha value is -0.570. The Kier molecular flexibility index (Phi) is 4.94. The zero-order valence-electron chi connectivity index (χ0n) is 6.68. The molecule has 0 aliphatic carbocycles. The van der Waals surface area contributed by atoms with Crippen LogP contribution in [0.3, 0.4) is 0 Å². The van der Waals surface area contributed by atoms with Crippen molar-refractivity contribution in [2.45, 2.75) is 33.1 Å². The number of carbonyl (C=O) groups is 1. The Morgan fingerprint density at radius 3 is 2.60 bits per heavy atom. The number of amides is 1. The minimum atomic E-state index is -0.0688. The lowest BCUT2D eigenvalue weighted by Gasteiger charge is -2.02. The smallest absolute Gasteiger partial charge is 0.233 e. The van der Waals surface area contributed by atoms with Gasteiger partial charge < -0.3 is 0 Å². The normalized spacial score (nSPS) is 10.0. The van der Waals surface area contributed by atoms with E-state index in [2.05, 4.69) is 19.3 Å². The van der Waals surface area contributed by atoms with Gasteiger partial charge in [0.25, 0.3) is 0 Å². The average molecular weight is 144 g/mol. The van der Waals surface area contributed by atoms with Crippen LogP contribution in [-0.2, 0) is 4.79 Å². The molecule has 3 heteroatoms. The summed E-state index contributed by atoms with van der Waals surface area (Å²) in [6.07, 6.45) is 2.57. The Morgan fingerprint density at radius 1 is 1.60 bits per heavy atom. The number of hydrazine groups is 1. The second kappa shape index (κ2) is 5.23. The van der Waals surface area contributed by atoms with Gasteiger partial charge in [0.2, 0.25) is 5.91 Å². The van der Waals surface area contributed by atoms with Crippen LogP contribution in [0.25, 0.3) is 0 Å². The molecule has 0 aromatic heterocycles. The molecular formula is C7H16N2O. The Bertz CT molecular complexity index is 102. The van der Waals surface area contributed by atoms with Crippen molar-refractivity contribution in [1.82, 2.24) is 5.43 Å². The summed E-state index contributed by atoms with van der Waals surface area (Å²) in [5, 5.41) is 0. The Balaban J connectivity index is 3.12. The molecule has 0 aliphatic heterocycles. The van der Waals surface area contributed by atoms with Crippen molar-refractivity contribution in [3.8, 4) is 0 Å². The van der Waals surface area contributed by atoms with Gasteiger partial charge in [0.05, 0.1) is 0 Å². The summed E-state index contributed by atoms with van der Waals surface area (Å²) in [5.41, 5.74) is 2.10. The molecule has 0 atom stereocenters. The predicted octanol–water partition coefficient (Wildman–Crippen LogP) is 0.803. The summed E-state index contributed by atoms with van der Waals surface area (Å²) in [6, 6.07) is 0. The van der Waals surface area contributed by atoms with Crippen molar-refractivity contribution < 1.29 is 4.79 Å². The van der Waals surface area contributed by atoms with Gasteiger partial charge in [-0.15, -0.1) is 0 Å². The van der Waals surface area contributed by atoms with Crippen molar-refractivity contribution in [2.24, 2.45) is 11.8 Å². The van der Waals surface area contributed by atoms with E-state index in [1.165, 1.54) is 0 Å². The maximum Gasteiger partial charge on any atom is 0.233 e. The third kappa shape index (κ3) is 5.56. The van der Waals surface area contributed by atoms with Crippen molar-refractivity contribution in [2.75, 3.05) is 0 Å². The molecule has 0 fully saturated rings. The molecule has 0 spiro atoms. The molecule has 0 aromatic rings. The van der Waals surface area contributed by atoms with E-state index in [0.717, 1.165) is 12.8 Å². The molecule has 0 unspecified atom stereocenters. The molecule has 0 aromatic carbocycles. The predicted molar refractivity (Wildman–Crippen MR) is 41.0 cm³/mol. The lowest BCUT2D eigenvalue weighted by molar-refractivity contribution is -0.121. The first-order valence-corrected chi connectivity index (χ1v) is 3.66. The molecular weight excluding hydrogens is 128 g/mol. The minimum Gasteiger partial charge on any atom is -0.294 e. The van der Waals surface area contributed by atoms with Crippen LogP contribution in [0.2, 0.25) is 0 Å². The number of rotatable bonds is 4. The molecule has 3 N–H and O–H groups in total. The molecule has 1 amide bonds. The molecule has 0 aliphatic rings. The van der Waals surface area contributed by atoms with E-state index in [0.29, 0.717) is 12.3 Å². The van der Waals surface area contributed by atoms with Crippen LogP contribution in [0, 0.1) is 5.92 Å².